The molecule has 3 aromatic rings. The van der Waals surface area contributed by atoms with Crippen molar-refractivity contribution in [2.24, 2.45) is 0 Å². The van der Waals surface area contributed by atoms with Gasteiger partial charge in [0, 0.05) is 29.0 Å². The molecule has 0 N–H and O–H groups in total. The maximum atomic E-state index is 2.28. The molecule has 0 aliphatic carbocycles. The molecule has 25 heavy (non-hydrogen) atoms. The normalized spacial score (nSPS) is 13.0. The second-order valence-electron chi connectivity index (χ2n) is 6.15. The molecule has 1 aliphatic heterocycles. The third kappa shape index (κ3) is 3.20. The number of aromatic nitrogens is 1. The number of pyridine rings is 1. The summed E-state index contributed by atoms with van der Waals surface area (Å²) in [6.45, 7) is 3.15. The summed E-state index contributed by atoms with van der Waals surface area (Å²) in [5, 5.41) is 0. The third-order valence-corrected chi connectivity index (χ3v) is 5.65. The van der Waals surface area contributed by atoms with E-state index in [0.717, 1.165) is 6.54 Å². The van der Waals surface area contributed by atoms with Crippen LogP contribution in [0.3, 0.4) is 0 Å². The minimum atomic E-state index is 1.00. The number of anilines is 2. The van der Waals surface area contributed by atoms with E-state index in [0.29, 0.717) is 0 Å². The summed E-state index contributed by atoms with van der Waals surface area (Å²) in [5.41, 5.74) is 4.99. The quantitative estimate of drug-likeness (QED) is 0.587. The summed E-state index contributed by atoms with van der Waals surface area (Å²) >= 11 is 1.85. The van der Waals surface area contributed by atoms with E-state index in [1.54, 1.807) is 0 Å². The maximum Gasteiger partial charge on any atom is 0.169 e. The highest BCUT2D eigenvalue weighted by Gasteiger charge is 2.19. The van der Waals surface area contributed by atoms with E-state index in [-0.39, 0.29) is 0 Å². The summed E-state index contributed by atoms with van der Waals surface area (Å²) in [7, 11) is 2.14. The predicted molar refractivity (Wildman–Crippen MR) is 106 cm³/mol. The number of rotatable bonds is 3. The Bertz CT molecular complexity index is 929. The fourth-order valence-corrected chi connectivity index (χ4v) is 4.24. The van der Waals surface area contributed by atoms with Crippen LogP contribution >= 0.6 is 11.8 Å². The molecule has 124 valence electrons. The van der Waals surface area contributed by atoms with Crippen LogP contribution in [0.25, 0.3) is 12.2 Å². The van der Waals surface area contributed by atoms with Crippen LogP contribution in [0.4, 0.5) is 11.4 Å². The molecule has 0 saturated carbocycles. The van der Waals surface area contributed by atoms with Crippen LogP contribution in [0.2, 0.25) is 0 Å². The van der Waals surface area contributed by atoms with Gasteiger partial charge in [-0.1, -0.05) is 42.1 Å². The Morgan fingerprint density at radius 3 is 2.40 bits per heavy atom. The Morgan fingerprint density at radius 1 is 0.880 bits per heavy atom. The summed E-state index contributed by atoms with van der Waals surface area (Å²) < 4.78 is 2.17. The van der Waals surface area contributed by atoms with Crippen LogP contribution in [0.1, 0.15) is 18.1 Å². The number of hydrogen-bond donors (Lipinski definition) is 0. The van der Waals surface area contributed by atoms with E-state index >= 15 is 0 Å². The molecule has 0 spiro atoms. The second-order valence-corrected chi connectivity index (χ2v) is 7.23. The second kappa shape index (κ2) is 6.77. The Balaban J connectivity index is 1.60. The Kier molecular flexibility index (Phi) is 4.33. The molecular formula is C22H21N2S+. The van der Waals surface area contributed by atoms with Crippen molar-refractivity contribution in [2.45, 2.75) is 23.3 Å². The lowest BCUT2D eigenvalue weighted by molar-refractivity contribution is -0.693. The first-order chi connectivity index (χ1) is 12.2. The largest absolute Gasteiger partial charge is 0.343 e. The van der Waals surface area contributed by atoms with Crippen LogP contribution in [0.5, 0.6) is 0 Å². The highest BCUT2D eigenvalue weighted by Crippen LogP contribution is 2.47. The van der Waals surface area contributed by atoms with Crippen molar-refractivity contribution < 1.29 is 4.57 Å². The molecule has 0 saturated heterocycles. The van der Waals surface area contributed by atoms with Gasteiger partial charge in [-0.05, 0) is 42.3 Å². The number of fused-ring (bicyclic) bond motifs is 2. The number of para-hydroxylation sites is 1. The molecule has 0 bridgehead atoms. The summed E-state index contributed by atoms with van der Waals surface area (Å²) in [4.78, 5) is 4.89. The highest BCUT2D eigenvalue weighted by molar-refractivity contribution is 7.99. The van der Waals surface area contributed by atoms with Gasteiger partial charge in [-0.2, -0.15) is 0 Å². The molecule has 0 radical (unpaired) electrons. The van der Waals surface area contributed by atoms with Gasteiger partial charge in [-0.3, -0.25) is 0 Å². The van der Waals surface area contributed by atoms with Gasteiger partial charge < -0.3 is 4.90 Å². The van der Waals surface area contributed by atoms with Crippen molar-refractivity contribution in [2.75, 3.05) is 11.9 Å². The van der Waals surface area contributed by atoms with E-state index in [2.05, 4.69) is 103 Å². The van der Waals surface area contributed by atoms with Gasteiger partial charge in [0.15, 0.2) is 12.4 Å². The number of hydrogen-bond acceptors (Lipinski definition) is 2. The molecule has 0 fully saturated rings. The lowest BCUT2D eigenvalue weighted by atomic mass is 10.1. The average Bonchev–Trinajstić information content (AvgIpc) is 2.67. The molecule has 2 heterocycles. The number of aryl methyl sites for hydroxylation is 1. The number of benzene rings is 2. The molecule has 2 nitrogen and oxygen atoms in total. The first kappa shape index (κ1) is 16.0. The Hall–Kier alpha value is -2.52. The maximum absolute atomic E-state index is 2.28. The van der Waals surface area contributed by atoms with Gasteiger partial charge in [-0.25, -0.2) is 4.57 Å². The first-order valence-electron chi connectivity index (χ1n) is 8.56. The van der Waals surface area contributed by atoms with E-state index in [1.807, 2.05) is 11.8 Å². The van der Waals surface area contributed by atoms with Gasteiger partial charge >= 0.3 is 0 Å². The third-order valence-electron chi connectivity index (χ3n) is 4.54. The molecule has 0 amide bonds. The van der Waals surface area contributed by atoms with Crippen LogP contribution < -0.4 is 9.47 Å². The van der Waals surface area contributed by atoms with E-state index in [4.69, 9.17) is 0 Å². The Labute approximate surface area is 153 Å². The van der Waals surface area contributed by atoms with Gasteiger partial charge in [0.25, 0.3) is 0 Å². The van der Waals surface area contributed by atoms with Gasteiger partial charge in [0.05, 0.1) is 11.4 Å². The molecular weight excluding hydrogens is 324 g/mol. The molecule has 4 rings (SSSR count). The number of nitrogens with zero attached hydrogens (tertiary/aromatic N) is 2. The molecule has 1 aliphatic rings. The summed E-state index contributed by atoms with van der Waals surface area (Å²) in [5.74, 6) is 0. The molecule has 3 heteroatoms. The molecule has 2 aromatic carbocycles. The summed E-state index contributed by atoms with van der Waals surface area (Å²) in [6.07, 6.45) is 8.60. The van der Waals surface area contributed by atoms with Gasteiger partial charge in [-0.15, -0.1) is 0 Å². The standard InChI is InChI=1S/C22H21N2S/c1-3-24-14-12-17(13-15-24)8-9-18-10-11-20-22(16-18)25-21-7-5-4-6-19(21)23(20)2/h4-16H,3H2,1-2H3/q+1. The van der Waals surface area contributed by atoms with Crippen LogP contribution in [-0.4, -0.2) is 7.05 Å². The monoisotopic (exact) mass is 345 g/mol. The van der Waals surface area contributed by atoms with E-state index in [9.17, 15) is 0 Å². The topological polar surface area (TPSA) is 7.12 Å². The Morgan fingerprint density at radius 2 is 1.60 bits per heavy atom. The molecule has 0 unspecified atom stereocenters. The SMILES string of the molecule is CC[n+]1ccc(/C=C/c2ccc3c(c2)Sc2ccccc2N3C)cc1. The van der Waals surface area contributed by atoms with Crippen LogP contribution in [-0.2, 0) is 6.54 Å². The zero-order valence-corrected chi connectivity index (χ0v) is 15.3. The van der Waals surface area contributed by atoms with E-state index < -0.39 is 0 Å². The van der Waals surface area contributed by atoms with Crippen molar-refractivity contribution in [1.29, 1.82) is 0 Å². The first-order valence-corrected chi connectivity index (χ1v) is 9.38. The fraction of sp³-hybridized carbons (Fsp3) is 0.136. The molecule has 1 aromatic heterocycles. The average molecular weight is 345 g/mol. The minimum Gasteiger partial charge on any atom is -0.343 e. The highest BCUT2D eigenvalue weighted by atomic mass is 32.2. The zero-order valence-electron chi connectivity index (χ0n) is 14.5. The van der Waals surface area contributed by atoms with Crippen LogP contribution in [0, 0.1) is 0 Å². The summed E-state index contributed by atoms with van der Waals surface area (Å²) in [6, 6.07) is 19.5. The smallest absolute Gasteiger partial charge is 0.169 e. The zero-order chi connectivity index (χ0) is 17.2. The van der Waals surface area contributed by atoms with E-state index in [1.165, 1.54) is 32.3 Å². The minimum absolute atomic E-state index is 1.00. The molecule has 0 atom stereocenters. The lowest BCUT2D eigenvalue weighted by Gasteiger charge is -2.29. The van der Waals surface area contributed by atoms with Crippen LogP contribution in [0.15, 0.2) is 76.8 Å². The predicted octanol–water partition coefficient (Wildman–Crippen LogP) is 5.40. The van der Waals surface area contributed by atoms with Crippen molar-refractivity contribution in [1.82, 2.24) is 0 Å². The fourth-order valence-electron chi connectivity index (χ4n) is 3.05. The van der Waals surface area contributed by atoms with Crippen molar-refractivity contribution in [3.63, 3.8) is 0 Å². The van der Waals surface area contributed by atoms with Crippen molar-refractivity contribution >= 4 is 35.3 Å². The van der Waals surface area contributed by atoms with Gasteiger partial charge in [0.1, 0.15) is 6.54 Å². The van der Waals surface area contributed by atoms with Crippen molar-refractivity contribution in [3.8, 4) is 0 Å². The van der Waals surface area contributed by atoms with Gasteiger partial charge in [0.2, 0.25) is 0 Å². The van der Waals surface area contributed by atoms with Crippen molar-refractivity contribution in [3.05, 3.63) is 78.1 Å². The lowest BCUT2D eigenvalue weighted by Crippen LogP contribution is -2.30.